The molecule has 4 heteroatoms. The first kappa shape index (κ1) is 12.9. The molecule has 1 aromatic carbocycles. The van der Waals surface area contributed by atoms with Gasteiger partial charge in [0.2, 0.25) is 0 Å². The number of hydrogen-bond acceptors (Lipinski definition) is 3. The van der Waals surface area contributed by atoms with Gasteiger partial charge >= 0.3 is 0 Å². The number of nitrogens with zero attached hydrogens (tertiary/aromatic N) is 2. The lowest BCUT2D eigenvalue weighted by Gasteiger charge is -2.17. The highest BCUT2D eigenvalue weighted by atomic mass is 16.5. The molecule has 2 rings (SSSR count). The summed E-state index contributed by atoms with van der Waals surface area (Å²) in [7, 11) is 3.71. The molecule has 1 heterocycles. The number of methoxy groups -OCH3 is 1. The lowest BCUT2D eigenvalue weighted by molar-refractivity contribution is 0.415. The van der Waals surface area contributed by atoms with Gasteiger partial charge < -0.3 is 15.0 Å². The van der Waals surface area contributed by atoms with Crippen LogP contribution in [0, 0.1) is 0 Å². The minimum atomic E-state index is -0.157. The van der Waals surface area contributed by atoms with E-state index in [1.165, 1.54) is 0 Å². The zero-order valence-corrected chi connectivity index (χ0v) is 11.5. The second-order valence-electron chi connectivity index (χ2n) is 5.43. The highest BCUT2D eigenvalue weighted by Crippen LogP contribution is 2.22. The Morgan fingerprint density at radius 2 is 2.11 bits per heavy atom. The van der Waals surface area contributed by atoms with Crippen LogP contribution in [0.15, 0.2) is 18.2 Å². The van der Waals surface area contributed by atoms with Crippen molar-refractivity contribution >= 4 is 11.0 Å². The van der Waals surface area contributed by atoms with Crippen LogP contribution in [0.2, 0.25) is 0 Å². The summed E-state index contributed by atoms with van der Waals surface area (Å²) in [5, 5.41) is 0. The fourth-order valence-corrected chi connectivity index (χ4v) is 2.01. The Morgan fingerprint density at radius 3 is 2.72 bits per heavy atom. The van der Waals surface area contributed by atoms with Crippen LogP contribution in [0.1, 0.15) is 26.1 Å². The van der Waals surface area contributed by atoms with Crippen molar-refractivity contribution in [2.75, 3.05) is 7.11 Å². The van der Waals surface area contributed by atoms with E-state index < -0.39 is 0 Å². The molecule has 0 atom stereocenters. The van der Waals surface area contributed by atoms with Crippen LogP contribution in [0.5, 0.6) is 5.75 Å². The molecule has 4 nitrogen and oxygen atoms in total. The van der Waals surface area contributed by atoms with Crippen LogP contribution < -0.4 is 10.5 Å². The fraction of sp³-hybridized carbons (Fsp3) is 0.500. The van der Waals surface area contributed by atoms with Gasteiger partial charge in [0.25, 0.3) is 0 Å². The predicted octanol–water partition coefficient (Wildman–Crippen LogP) is 2.25. The summed E-state index contributed by atoms with van der Waals surface area (Å²) in [4.78, 5) is 4.65. The number of nitrogens with two attached hydrogens (primary N) is 1. The molecule has 18 heavy (non-hydrogen) atoms. The van der Waals surface area contributed by atoms with Crippen LogP contribution in [-0.2, 0) is 13.5 Å². The first-order valence-corrected chi connectivity index (χ1v) is 6.19. The second kappa shape index (κ2) is 4.61. The molecule has 0 aliphatic heterocycles. The van der Waals surface area contributed by atoms with Gasteiger partial charge in [-0.15, -0.1) is 0 Å². The van der Waals surface area contributed by atoms with E-state index in [9.17, 15) is 0 Å². The van der Waals surface area contributed by atoms with E-state index in [0.29, 0.717) is 0 Å². The van der Waals surface area contributed by atoms with Crippen LogP contribution in [0.25, 0.3) is 11.0 Å². The Labute approximate surface area is 108 Å². The summed E-state index contributed by atoms with van der Waals surface area (Å²) >= 11 is 0. The standard InChI is InChI=1S/C14H21N3O/c1-14(2,15)8-7-13-16-11-9-10(18-4)5-6-12(11)17(13)3/h5-6,9H,7-8,15H2,1-4H3. The Morgan fingerprint density at radius 1 is 1.39 bits per heavy atom. The third-order valence-electron chi connectivity index (χ3n) is 3.17. The summed E-state index contributed by atoms with van der Waals surface area (Å²) in [6.07, 6.45) is 1.80. The number of aryl methyl sites for hydroxylation is 2. The van der Waals surface area contributed by atoms with Crippen molar-refractivity contribution in [1.82, 2.24) is 9.55 Å². The molecule has 2 N–H and O–H groups in total. The van der Waals surface area contributed by atoms with Crippen molar-refractivity contribution in [2.24, 2.45) is 12.8 Å². The van der Waals surface area contributed by atoms with E-state index in [1.54, 1.807) is 7.11 Å². The number of benzene rings is 1. The molecule has 0 fully saturated rings. The minimum Gasteiger partial charge on any atom is -0.497 e. The van der Waals surface area contributed by atoms with Gasteiger partial charge in [-0.2, -0.15) is 0 Å². The third kappa shape index (κ3) is 2.64. The molecule has 0 amide bonds. The van der Waals surface area contributed by atoms with Crippen molar-refractivity contribution in [3.05, 3.63) is 24.0 Å². The number of fused-ring (bicyclic) bond motifs is 1. The Balaban J connectivity index is 2.32. The fourth-order valence-electron chi connectivity index (χ4n) is 2.01. The molecule has 0 bridgehead atoms. The molecule has 0 saturated heterocycles. The average Bonchev–Trinajstić information content (AvgIpc) is 2.62. The monoisotopic (exact) mass is 247 g/mol. The van der Waals surface area contributed by atoms with Gasteiger partial charge in [0, 0.05) is 25.1 Å². The molecule has 98 valence electrons. The van der Waals surface area contributed by atoms with E-state index in [0.717, 1.165) is 35.4 Å². The molecule has 0 aliphatic carbocycles. The number of ether oxygens (including phenoxy) is 1. The Bertz CT molecular complexity index is 552. The number of hydrogen-bond donors (Lipinski definition) is 1. The van der Waals surface area contributed by atoms with Crippen LogP contribution >= 0.6 is 0 Å². The number of imidazole rings is 1. The zero-order valence-electron chi connectivity index (χ0n) is 11.5. The van der Waals surface area contributed by atoms with Crippen molar-refractivity contribution in [1.29, 1.82) is 0 Å². The van der Waals surface area contributed by atoms with Crippen LogP contribution in [-0.4, -0.2) is 22.2 Å². The molecule has 0 radical (unpaired) electrons. The molecule has 0 aliphatic rings. The largest absolute Gasteiger partial charge is 0.497 e. The number of rotatable bonds is 4. The van der Waals surface area contributed by atoms with Crippen LogP contribution in [0.4, 0.5) is 0 Å². The Hall–Kier alpha value is -1.55. The summed E-state index contributed by atoms with van der Waals surface area (Å²) < 4.78 is 7.34. The SMILES string of the molecule is COc1ccc2c(c1)nc(CCC(C)(C)N)n2C. The molecule has 0 saturated carbocycles. The summed E-state index contributed by atoms with van der Waals surface area (Å²) in [6.45, 7) is 4.08. The van der Waals surface area contributed by atoms with Crippen molar-refractivity contribution in [3.63, 3.8) is 0 Å². The van der Waals surface area contributed by atoms with Gasteiger partial charge in [-0.25, -0.2) is 4.98 Å². The van der Waals surface area contributed by atoms with E-state index >= 15 is 0 Å². The minimum absolute atomic E-state index is 0.157. The summed E-state index contributed by atoms with van der Waals surface area (Å²) in [5.41, 5.74) is 7.96. The lowest BCUT2D eigenvalue weighted by atomic mass is 10.00. The first-order chi connectivity index (χ1) is 8.40. The van der Waals surface area contributed by atoms with Gasteiger partial charge in [0.1, 0.15) is 11.6 Å². The first-order valence-electron chi connectivity index (χ1n) is 6.19. The van der Waals surface area contributed by atoms with Gasteiger partial charge in [0.15, 0.2) is 0 Å². The highest BCUT2D eigenvalue weighted by molar-refractivity contribution is 5.77. The molecule has 2 aromatic rings. The third-order valence-corrected chi connectivity index (χ3v) is 3.17. The molecule has 0 spiro atoms. The van der Waals surface area contributed by atoms with Crippen molar-refractivity contribution < 1.29 is 4.74 Å². The van der Waals surface area contributed by atoms with E-state index in [-0.39, 0.29) is 5.54 Å². The van der Waals surface area contributed by atoms with Gasteiger partial charge in [-0.1, -0.05) is 0 Å². The molecule has 0 unspecified atom stereocenters. The Kier molecular flexibility index (Phi) is 3.30. The summed E-state index contributed by atoms with van der Waals surface area (Å²) in [6, 6.07) is 5.96. The van der Waals surface area contributed by atoms with Crippen molar-refractivity contribution in [3.8, 4) is 5.75 Å². The molecular formula is C14H21N3O. The zero-order chi connectivity index (χ0) is 13.3. The smallest absolute Gasteiger partial charge is 0.121 e. The topological polar surface area (TPSA) is 53.1 Å². The predicted molar refractivity (Wildman–Crippen MR) is 73.9 cm³/mol. The average molecular weight is 247 g/mol. The maximum atomic E-state index is 6.02. The van der Waals surface area contributed by atoms with Crippen LogP contribution in [0.3, 0.4) is 0 Å². The molecular weight excluding hydrogens is 226 g/mol. The van der Waals surface area contributed by atoms with E-state index in [4.69, 9.17) is 10.5 Å². The quantitative estimate of drug-likeness (QED) is 0.901. The molecule has 1 aromatic heterocycles. The van der Waals surface area contributed by atoms with E-state index in [1.807, 2.05) is 39.1 Å². The second-order valence-corrected chi connectivity index (χ2v) is 5.43. The maximum Gasteiger partial charge on any atom is 0.121 e. The maximum absolute atomic E-state index is 6.02. The van der Waals surface area contributed by atoms with Gasteiger partial charge in [0.05, 0.1) is 18.1 Å². The van der Waals surface area contributed by atoms with Gasteiger partial charge in [-0.05, 0) is 32.4 Å². The van der Waals surface area contributed by atoms with E-state index in [2.05, 4.69) is 9.55 Å². The van der Waals surface area contributed by atoms with Crippen molar-refractivity contribution in [2.45, 2.75) is 32.2 Å². The normalized spacial score (nSPS) is 12.1. The lowest BCUT2D eigenvalue weighted by Crippen LogP contribution is -2.32. The summed E-state index contributed by atoms with van der Waals surface area (Å²) in [5.74, 6) is 1.91. The van der Waals surface area contributed by atoms with Gasteiger partial charge in [-0.3, -0.25) is 0 Å². The number of aromatic nitrogens is 2. The highest BCUT2D eigenvalue weighted by Gasteiger charge is 2.14.